The molecule has 3 heterocycles. The van der Waals surface area contributed by atoms with Crippen molar-refractivity contribution in [3.8, 4) is 0 Å². The molecule has 0 aliphatic carbocycles. The molecule has 38 heavy (non-hydrogen) atoms. The number of nitrogens with two attached hydrogens (primary N) is 1. The molecule has 1 aromatic carbocycles. The first-order chi connectivity index (χ1) is 17.8. The van der Waals surface area contributed by atoms with Crippen LogP contribution in [-0.2, 0) is 27.4 Å². The summed E-state index contributed by atoms with van der Waals surface area (Å²) in [7, 11) is 0. The minimum absolute atomic E-state index is 0.0118. The molecular formula is C27H33IN6O4. The van der Waals surface area contributed by atoms with E-state index < -0.39 is 23.5 Å². The lowest BCUT2D eigenvalue weighted by Crippen LogP contribution is -2.45. The molecule has 1 atom stereocenters. The van der Waals surface area contributed by atoms with Gasteiger partial charge in [0.15, 0.2) is 5.65 Å². The summed E-state index contributed by atoms with van der Waals surface area (Å²) < 4.78 is 8.23. The van der Waals surface area contributed by atoms with Gasteiger partial charge in [0.05, 0.1) is 18.1 Å². The van der Waals surface area contributed by atoms with Crippen LogP contribution in [0.15, 0.2) is 30.5 Å². The number of esters is 1. The zero-order valence-electron chi connectivity index (χ0n) is 22.2. The Morgan fingerprint density at radius 3 is 2.63 bits per heavy atom. The van der Waals surface area contributed by atoms with Crippen molar-refractivity contribution >= 4 is 57.2 Å². The van der Waals surface area contributed by atoms with Crippen LogP contribution in [0.2, 0.25) is 0 Å². The maximum atomic E-state index is 13.1. The van der Waals surface area contributed by atoms with Gasteiger partial charge in [-0.05, 0) is 86.9 Å². The molecular weight excluding hydrogens is 599 g/mol. The molecule has 3 N–H and O–H groups in total. The number of nitrogens with zero attached hydrogens (tertiary/aromatic N) is 4. The van der Waals surface area contributed by atoms with Crippen LogP contribution in [0.4, 0.5) is 5.82 Å². The van der Waals surface area contributed by atoms with E-state index in [4.69, 9.17) is 15.5 Å². The number of hydrogen-bond acceptors (Lipinski definition) is 7. The normalized spacial score (nSPS) is 14.2. The number of pyridine rings is 1. The van der Waals surface area contributed by atoms with E-state index in [1.165, 1.54) is 4.90 Å². The summed E-state index contributed by atoms with van der Waals surface area (Å²) in [5.41, 5.74) is 8.07. The first-order valence-corrected chi connectivity index (χ1v) is 13.6. The Bertz CT molecular complexity index is 1390. The van der Waals surface area contributed by atoms with Gasteiger partial charge in [0.25, 0.3) is 5.91 Å². The van der Waals surface area contributed by atoms with E-state index >= 15 is 0 Å². The third-order valence-electron chi connectivity index (χ3n) is 6.08. The number of fused-ring (bicyclic) bond motifs is 2. The second-order valence-electron chi connectivity index (χ2n) is 10.8. The molecule has 0 bridgehead atoms. The summed E-state index contributed by atoms with van der Waals surface area (Å²) >= 11 is 2.29. The molecule has 0 fully saturated rings. The second-order valence-corrected chi connectivity index (χ2v) is 12.0. The number of hydrogen-bond donors (Lipinski definition) is 2. The number of aromatic nitrogens is 3. The maximum Gasteiger partial charge on any atom is 0.306 e. The van der Waals surface area contributed by atoms with E-state index in [1.54, 1.807) is 26.8 Å². The van der Waals surface area contributed by atoms with Crippen LogP contribution in [0.3, 0.4) is 0 Å². The first kappa shape index (κ1) is 27.8. The Balaban J connectivity index is 1.52. The zero-order valence-corrected chi connectivity index (χ0v) is 24.4. The van der Waals surface area contributed by atoms with Crippen molar-refractivity contribution in [1.82, 2.24) is 19.7 Å². The van der Waals surface area contributed by atoms with Gasteiger partial charge < -0.3 is 20.7 Å². The summed E-state index contributed by atoms with van der Waals surface area (Å²) in [5, 5.41) is 8.86. The number of halogens is 1. The molecule has 4 rings (SSSR count). The fraction of sp³-hybridized carbons (Fsp3) is 0.444. The molecule has 0 saturated heterocycles. The van der Waals surface area contributed by atoms with E-state index in [9.17, 15) is 14.4 Å². The predicted octanol–water partition coefficient (Wildman–Crippen LogP) is 3.84. The smallest absolute Gasteiger partial charge is 0.306 e. The highest BCUT2D eigenvalue weighted by atomic mass is 127. The topological polar surface area (TPSA) is 132 Å². The summed E-state index contributed by atoms with van der Waals surface area (Å²) in [6.45, 7) is 10.2. The quantitative estimate of drug-likeness (QED) is 0.271. The largest absolute Gasteiger partial charge is 0.460 e. The number of nitrogens with one attached hydrogen (secondary N) is 1. The summed E-state index contributed by atoms with van der Waals surface area (Å²) in [5.74, 6) is -0.566. The fourth-order valence-corrected chi connectivity index (χ4v) is 5.19. The van der Waals surface area contributed by atoms with E-state index in [0.717, 1.165) is 31.5 Å². The van der Waals surface area contributed by atoms with Crippen LogP contribution < -0.4 is 11.1 Å². The molecule has 0 saturated carbocycles. The standard InChI is InChI=1S/C27H33IN6O4/c1-15(2)31-22-11-20(28)19-12-30-34(25(19)32-22)13-16-6-7-18-17(10-16)14-33(26(18)37)21(24(29)36)8-9-23(35)38-27(3,4)5/h6-7,10-12,15,21H,8-9,13-14H2,1-5H3,(H2,29,36)(H,31,32)/t21-/m0/s1. The van der Waals surface area contributed by atoms with Gasteiger partial charge >= 0.3 is 5.97 Å². The van der Waals surface area contributed by atoms with Crippen molar-refractivity contribution in [2.75, 3.05) is 5.32 Å². The van der Waals surface area contributed by atoms with Crippen molar-refractivity contribution in [2.24, 2.45) is 5.73 Å². The van der Waals surface area contributed by atoms with E-state index in [1.807, 2.05) is 29.1 Å². The lowest BCUT2D eigenvalue weighted by Gasteiger charge is -2.25. The number of anilines is 1. The average molecular weight is 633 g/mol. The van der Waals surface area contributed by atoms with Gasteiger partial charge in [0.2, 0.25) is 5.91 Å². The predicted molar refractivity (Wildman–Crippen MR) is 152 cm³/mol. The Morgan fingerprint density at radius 2 is 1.97 bits per heavy atom. The molecule has 0 radical (unpaired) electrons. The Morgan fingerprint density at radius 1 is 1.24 bits per heavy atom. The van der Waals surface area contributed by atoms with Crippen LogP contribution in [0.25, 0.3) is 11.0 Å². The highest BCUT2D eigenvalue weighted by Gasteiger charge is 2.36. The molecule has 1 aliphatic rings. The first-order valence-electron chi connectivity index (χ1n) is 12.5. The Kier molecular flexibility index (Phi) is 7.96. The molecule has 1 aliphatic heterocycles. The van der Waals surface area contributed by atoms with Crippen molar-refractivity contribution < 1.29 is 19.1 Å². The number of amides is 2. The number of primary amides is 1. The van der Waals surface area contributed by atoms with Gasteiger partial charge in [-0.25, -0.2) is 9.67 Å². The monoisotopic (exact) mass is 632 g/mol. The molecule has 2 amide bonds. The highest BCUT2D eigenvalue weighted by Crippen LogP contribution is 2.29. The van der Waals surface area contributed by atoms with Gasteiger partial charge in [-0.3, -0.25) is 14.4 Å². The third-order valence-corrected chi connectivity index (χ3v) is 6.97. The highest BCUT2D eigenvalue weighted by molar-refractivity contribution is 14.1. The number of carbonyl (C=O) groups excluding carboxylic acids is 3. The zero-order chi connectivity index (χ0) is 27.8. The van der Waals surface area contributed by atoms with Gasteiger partial charge in [-0.15, -0.1) is 0 Å². The molecule has 10 nitrogen and oxygen atoms in total. The van der Waals surface area contributed by atoms with Crippen molar-refractivity contribution in [3.05, 3.63) is 50.7 Å². The lowest BCUT2D eigenvalue weighted by molar-refractivity contribution is -0.155. The lowest BCUT2D eigenvalue weighted by atomic mass is 10.1. The SMILES string of the molecule is CC(C)Nc1cc(I)c2cnn(Cc3ccc4c(c3)CN([C@@H](CCC(=O)OC(C)(C)C)C(N)=O)C4=O)c2n1. The molecule has 3 aromatic rings. The fourth-order valence-electron chi connectivity index (χ4n) is 4.51. The van der Waals surface area contributed by atoms with E-state index in [-0.39, 0.29) is 31.3 Å². The van der Waals surface area contributed by atoms with Crippen LogP contribution >= 0.6 is 22.6 Å². The van der Waals surface area contributed by atoms with E-state index in [0.29, 0.717) is 12.1 Å². The summed E-state index contributed by atoms with van der Waals surface area (Å²) in [6.07, 6.45) is 1.90. The van der Waals surface area contributed by atoms with Gasteiger partial charge in [0.1, 0.15) is 17.5 Å². The van der Waals surface area contributed by atoms with Crippen LogP contribution in [0.5, 0.6) is 0 Å². The summed E-state index contributed by atoms with van der Waals surface area (Å²) in [4.78, 5) is 43.8. The molecule has 202 valence electrons. The molecule has 11 heteroatoms. The van der Waals surface area contributed by atoms with Crippen LogP contribution in [-0.4, -0.2) is 55.1 Å². The maximum absolute atomic E-state index is 13.1. The van der Waals surface area contributed by atoms with Crippen LogP contribution in [0, 0.1) is 3.57 Å². The van der Waals surface area contributed by atoms with Gasteiger partial charge in [-0.2, -0.15) is 5.10 Å². The van der Waals surface area contributed by atoms with Gasteiger partial charge in [0, 0.05) is 28.1 Å². The van der Waals surface area contributed by atoms with E-state index in [2.05, 4.69) is 46.9 Å². The minimum Gasteiger partial charge on any atom is -0.460 e. The summed E-state index contributed by atoms with van der Waals surface area (Å²) in [6, 6.07) is 6.95. The van der Waals surface area contributed by atoms with Crippen molar-refractivity contribution in [1.29, 1.82) is 0 Å². The Hall–Kier alpha value is -3.22. The number of benzene rings is 1. The second kappa shape index (κ2) is 10.9. The average Bonchev–Trinajstić information content (AvgIpc) is 3.33. The van der Waals surface area contributed by atoms with Crippen LogP contribution in [0.1, 0.15) is 68.9 Å². The number of ether oxygens (including phenoxy) is 1. The van der Waals surface area contributed by atoms with Crippen molar-refractivity contribution in [2.45, 2.75) is 78.2 Å². The number of rotatable bonds is 9. The third kappa shape index (κ3) is 6.25. The van der Waals surface area contributed by atoms with Crippen molar-refractivity contribution in [3.63, 3.8) is 0 Å². The Labute approximate surface area is 235 Å². The number of carbonyl (C=O) groups is 3. The molecule has 2 aromatic heterocycles. The van der Waals surface area contributed by atoms with Gasteiger partial charge in [-0.1, -0.05) is 12.1 Å². The minimum atomic E-state index is -0.904. The molecule has 0 spiro atoms. The molecule has 0 unspecified atom stereocenters.